The summed E-state index contributed by atoms with van der Waals surface area (Å²) in [4.78, 5) is 0. The lowest BCUT2D eigenvalue weighted by molar-refractivity contribution is 0.0958. The molecule has 1 N–H and O–H groups in total. The molecule has 104 valence electrons. The van der Waals surface area contributed by atoms with Crippen molar-refractivity contribution in [2.45, 2.75) is 32.0 Å². The highest BCUT2D eigenvalue weighted by molar-refractivity contribution is 5.42. The van der Waals surface area contributed by atoms with E-state index in [1.807, 2.05) is 24.3 Å². The van der Waals surface area contributed by atoms with Crippen molar-refractivity contribution in [3.05, 3.63) is 65.5 Å². The first-order chi connectivity index (χ1) is 9.56. The van der Waals surface area contributed by atoms with Crippen LogP contribution in [0.15, 0.2) is 48.5 Å². The first kappa shape index (κ1) is 13.1. The van der Waals surface area contributed by atoms with Crippen molar-refractivity contribution < 1.29 is 9.13 Å². The normalized spacial score (nSPS) is 19.4. The molecule has 2 nitrogen and oxygen atoms in total. The van der Waals surface area contributed by atoms with Gasteiger partial charge in [0, 0.05) is 12.1 Å². The monoisotopic (exact) mass is 271 g/mol. The van der Waals surface area contributed by atoms with Crippen molar-refractivity contribution in [1.82, 2.24) is 5.32 Å². The number of benzene rings is 2. The molecule has 1 heterocycles. The Balaban J connectivity index is 1.80. The van der Waals surface area contributed by atoms with Gasteiger partial charge in [-0.25, -0.2) is 4.39 Å². The highest BCUT2D eigenvalue weighted by atomic mass is 19.1. The van der Waals surface area contributed by atoms with Gasteiger partial charge in [-0.2, -0.15) is 0 Å². The number of fused-ring (bicyclic) bond motifs is 1. The van der Waals surface area contributed by atoms with Crippen molar-refractivity contribution >= 4 is 0 Å². The molecule has 0 saturated carbocycles. The summed E-state index contributed by atoms with van der Waals surface area (Å²) in [6.07, 6.45) is 0. The lowest BCUT2D eigenvalue weighted by Crippen LogP contribution is -2.38. The lowest BCUT2D eigenvalue weighted by Gasteiger charge is -2.27. The van der Waals surface area contributed by atoms with E-state index < -0.39 is 0 Å². The number of halogens is 1. The SMILES string of the molecule is CC1(C)Oc2ccccc2C1NCc1cccc(F)c1. The summed E-state index contributed by atoms with van der Waals surface area (Å²) in [5, 5.41) is 3.48. The number of para-hydroxylation sites is 1. The predicted molar refractivity (Wildman–Crippen MR) is 77.1 cm³/mol. The van der Waals surface area contributed by atoms with Gasteiger partial charge < -0.3 is 10.1 Å². The molecule has 3 rings (SSSR count). The standard InChI is InChI=1S/C17H18FNO/c1-17(2)16(14-8-3-4-9-15(14)20-17)19-11-12-6-5-7-13(18)10-12/h3-10,16,19H,11H2,1-2H3. The van der Waals surface area contributed by atoms with Crippen LogP contribution in [0.3, 0.4) is 0 Å². The Kier molecular flexibility index (Phi) is 3.22. The van der Waals surface area contributed by atoms with E-state index in [1.165, 1.54) is 6.07 Å². The summed E-state index contributed by atoms with van der Waals surface area (Å²) >= 11 is 0. The fourth-order valence-corrected chi connectivity index (χ4v) is 2.75. The van der Waals surface area contributed by atoms with Crippen LogP contribution in [-0.4, -0.2) is 5.60 Å². The summed E-state index contributed by atoms with van der Waals surface area (Å²) in [5.74, 6) is 0.723. The smallest absolute Gasteiger partial charge is 0.125 e. The van der Waals surface area contributed by atoms with Crippen molar-refractivity contribution in [1.29, 1.82) is 0 Å². The maximum Gasteiger partial charge on any atom is 0.125 e. The number of ether oxygens (including phenoxy) is 1. The van der Waals surface area contributed by atoms with Crippen molar-refractivity contribution in [3.63, 3.8) is 0 Å². The Hall–Kier alpha value is -1.87. The molecule has 2 aromatic rings. The van der Waals surface area contributed by atoms with Crippen molar-refractivity contribution in [3.8, 4) is 5.75 Å². The molecule has 1 unspecified atom stereocenters. The Morgan fingerprint density at radius 1 is 1.15 bits per heavy atom. The number of hydrogen-bond acceptors (Lipinski definition) is 2. The molecule has 0 saturated heterocycles. The highest BCUT2D eigenvalue weighted by Gasteiger charge is 2.40. The first-order valence-electron chi connectivity index (χ1n) is 6.82. The molecule has 0 aromatic heterocycles. The molecule has 1 aliphatic heterocycles. The third-order valence-electron chi connectivity index (χ3n) is 3.70. The van der Waals surface area contributed by atoms with Gasteiger partial charge in [-0.15, -0.1) is 0 Å². The van der Waals surface area contributed by atoms with E-state index >= 15 is 0 Å². The summed E-state index contributed by atoms with van der Waals surface area (Å²) in [5.41, 5.74) is 1.79. The molecule has 0 fully saturated rings. The van der Waals surface area contributed by atoms with E-state index in [0.29, 0.717) is 6.54 Å². The summed E-state index contributed by atoms with van der Waals surface area (Å²) in [6, 6.07) is 14.8. The lowest BCUT2D eigenvalue weighted by atomic mass is 9.94. The van der Waals surface area contributed by atoms with Gasteiger partial charge in [0.1, 0.15) is 17.2 Å². The number of hydrogen-bond donors (Lipinski definition) is 1. The van der Waals surface area contributed by atoms with Gasteiger partial charge in [0.25, 0.3) is 0 Å². The van der Waals surface area contributed by atoms with E-state index in [2.05, 4.69) is 25.2 Å². The minimum absolute atomic E-state index is 0.0990. The maximum atomic E-state index is 13.2. The van der Waals surface area contributed by atoms with Gasteiger partial charge in [-0.1, -0.05) is 30.3 Å². The zero-order valence-electron chi connectivity index (χ0n) is 11.7. The quantitative estimate of drug-likeness (QED) is 0.916. The van der Waals surface area contributed by atoms with Gasteiger partial charge in [0.2, 0.25) is 0 Å². The largest absolute Gasteiger partial charge is 0.486 e. The van der Waals surface area contributed by atoms with Crippen LogP contribution in [0.1, 0.15) is 31.0 Å². The second kappa shape index (κ2) is 4.91. The van der Waals surface area contributed by atoms with E-state index in [1.54, 1.807) is 12.1 Å². The topological polar surface area (TPSA) is 21.3 Å². The average molecular weight is 271 g/mol. The summed E-state index contributed by atoms with van der Waals surface area (Å²) < 4.78 is 19.2. The molecule has 0 radical (unpaired) electrons. The van der Waals surface area contributed by atoms with Crippen LogP contribution in [0, 0.1) is 5.82 Å². The minimum atomic E-state index is -0.309. The van der Waals surface area contributed by atoms with Crippen LogP contribution >= 0.6 is 0 Å². The van der Waals surface area contributed by atoms with Gasteiger partial charge in [-0.3, -0.25) is 0 Å². The molecule has 1 atom stereocenters. The van der Waals surface area contributed by atoms with Crippen molar-refractivity contribution in [2.75, 3.05) is 0 Å². The van der Waals surface area contributed by atoms with E-state index in [4.69, 9.17) is 4.74 Å². The average Bonchev–Trinajstić information content (AvgIpc) is 2.66. The number of rotatable bonds is 3. The van der Waals surface area contributed by atoms with E-state index in [-0.39, 0.29) is 17.5 Å². The summed E-state index contributed by atoms with van der Waals surface area (Å²) in [7, 11) is 0. The van der Waals surface area contributed by atoms with Crippen LogP contribution in [0.25, 0.3) is 0 Å². The summed E-state index contributed by atoms with van der Waals surface area (Å²) in [6.45, 7) is 4.75. The second-order valence-electron chi connectivity index (χ2n) is 5.69. The van der Waals surface area contributed by atoms with Gasteiger partial charge in [0.05, 0.1) is 6.04 Å². The molecule has 1 aliphatic rings. The highest BCUT2D eigenvalue weighted by Crippen LogP contribution is 2.42. The minimum Gasteiger partial charge on any atom is -0.486 e. The zero-order valence-corrected chi connectivity index (χ0v) is 11.7. The van der Waals surface area contributed by atoms with Crippen LogP contribution in [0.5, 0.6) is 5.75 Å². The predicted octanol–water partition coefficient (Wildman–Crippen LogP) is 3.83. The molecule has 20 heavy (non-hydrogen) atoms. The third kappa shape index (κ3) is 2.41. The Bertz CT molecular complexity index is 624. The molecule has 0 amide bonds. The van der Waals surface area contributed by atoms with Gasteiger partial charge in [0.15, 0.2) is 0 Å². The van der Waals surface area contributed by atoms with Crippen LogP contribution in [-0.2, 0) is 6.54 Å². The van der Waals surface area contributed by atoms with Crippen LogP contribution < -0.4 is 10.1 Å². The fraction of sp³-hybridized carbons (Fsp3) is 0.294. The van der Waals surface area contributed by atoms with Crippen LogP contribution in [0.2, 0.25) is 0 Å². The Morgan fingerprint density at radius 3 is 2.75 bits per heavy atom. The maximum absolute atomic E-state index is 13.2. The first-order valence-corrected chi connectivity index (χ1v) is 6.82. The molecule has 0 bridgehead atoms. The molecular weight excluding hydrogens is 253 g/mol. The third-order valence-corrected chi connectivity index (χ3v) is 3.70. The second-order valence-corrected chi connectivity index (χ2v) is 5.69. The molecule has 0 aliphatic carbocycles. The molecule has 2 aromatic carbocycles. The van der Waals surface area contributed by atoms with Gasteiger partial charge >= 0.3 is 0 Å². The van der Waals surface area contributed by atoms with E-state index in [0.717, 1.165) is 16.9 Å². The fourth-order valence-electron chi connectivity index (χ4n) is 2.75. The molecular formula is C17H18FNO. The molecule has 3 heteroatoms. The Morgan fingerprint density at radius 2 is 1.95 bits per heavy atom. The van der Waals surface area contributed by atoms with E-state index in [9.17, 15) is 4.39 Å². The zero-order chi connectivity index (χ0) is 14.2. The van der Waals surface area contributed by atoms with Gasteiger partial charge in [-0.05, 0) is 37.6 Å². The number of nitrogens with one attached hydrogen (secondary N) is 1. The van der Waals surface area contributed by atoms with Crippen LogP contribution in [0.4, 0.5) is 4.39 Å². The van der Waals surface area contributed by atoms with Crippen molar-refractivity contribution in [2.24, 2.45) is 0 Å². The molecule has 0 spiro atoms. The Labute approximate surface area is 118 Å².